The van der Waals surface area contributed by atoms with Crippen molar-refractivity contribution in [3.8, 4) is 0 Å². The lowest BCUT2D eigenvalue weighted by Gasteiger charge is -2.33. The van der Waals surface area contributed by atoms with E-state index in [4.69, 9.17) is 0 Å². The highest BCUT2D eigenvalue weighted by Crippen LogP contribution is 2.23. The summed E-state index contributed by atoms with van der Waals surface area (Å²) in [6, 6.07) is 1.67. The van der Waals surface area contributed by atoms with Gasteiger partial charge in [0.25, 0.3) is 0 Å². The fourth-order valence-corrected chi connectivity index (χ4v) is 2.94. The zero-order valence-electron chi connectivity index (χ0n) is 9.08. The molecule has 0 bridgehead atoms. The number of hydrogen-bond donors (Lipinski definition) is 2. The van der Waals surface area contributed by atoms with Crippen LogP contribution in [0.15, 0.2) is 0 Å². The summed E-state index contributed by atoms with van der Waals surface area (Å²) in [5.74, 6) is 0. The second-order valence-electron chi connectivity index (χ2n) is 4.66. The number of nitrogens with one attached hydrogen (secondary N) is 1. The first-order chi connectivity index (χ1) is 6.83. The molecule has 0 radical (unpaired) electrons. The van der Waals surface area contributed by atoms with Gasteiger partial charge in [-0.3, -0.25) is 4.90 Å². The van der Waals surface area contributed by atoms with E-state index in [9.17, 15) is 5.11 Å². The number of aliphatic hydroxyl groups is 1. The van der Waals surface area contributed by atoms with Gasteiger partial charge in [0, 0.05) is 18.1 Å². The first-order valence-corrected chi connectivity index (χ1v) is 5.93. The number of rotatable bonds is 3. The van der Waals surface area contributed by atoms with Crippen LogP contribution < -0.4 is 5.32 Å². The Hall–Kier alpha value is -0.120. The molecule has 0 aromatic rings. The monoisotopic (exact) mass is 198 g/mol. The van der Waals surface area contributed by atoms with Crippen molar-refractivity contribution in [3.05, 3.63) is 0 Å². The lowest BCUT2D eigenvalue weighted by atomic mass is 10.1. The maximum atomic E-state index is 9.27. The van der Waals surface area contributed by atoms with Crippen molar-refractivity contribution in [2.75, 3.05) is 19.7 Å². The van der Waals surface area contributed by atoms with Crippen LogP contribution in [0.5, 0.6) is 0 Å². The van der Waals surface area contributed by atoms with Crippen molar-refractivity contribution in [2.24, 2.45) is 0 Å². The average Bonchev–Trinajstić information content (AvgIpc) is 2.87. The normalized spacial score (nSPS) is 36.4. The fraction of sp³-hybridized carbons (Fsp3) is 1.00. The van der Waals surface area contributed by atoms with E-state index in [1.165, 1.54) is 38.8 Å². The van der Waals surface area contributed by atoms with Gasteiger partial charge in [0.15, 0.2) is 0 Å². The van der Waals surface area contributed by atoms with Crippen molar-refractivity contribution in [3.63, 3.8) is 0 Å². The highest BCUT2D eigenvalue weighted by atomic mass is 16.3. The minimum Gasteiger partial charge on any atom is -0.395 e. The van der Waals surface area contributed by atoms with Crippen molar-refractivity contribution < 1.29 is 5.11 Å². The van der Waals surface area contributed by atoms with Gasteiger partial charge in [-0.25, -0.2) is 0 Å². The van der Waals surface area contributed by atoms with E-state index in [0.29, 0.717) is 24.7 Å². The molecule has 0 aliphatic carbocycles. The molecule has 0 saturated carbocycles. The maximum Gasteiger partial charge on any atom is 0.0587 e. The molecular weight excluding hydrogens is 176 g/mol. The SMILES string of the molecule is CC(C1CCCN1)N1CCC[C@H]1CO. The number of hydrogen-bond acceptors (Lipinski definition) is 3. The van der Waals surface area contributed by atoms with Crippen molar-refractivity contribution in [1.29, 1.82) is 0 Å². The molecule has 14 heavy (non-hydrogen) atoms. The van der Waals surface area contributed by atoms with Crippen molar-refractivity contribution in [1.82, 2.24) is 10.2 Å². The molecule has 2 rings (SSSR count). The quantitative estimate of drug-likeness (QED) is 0.696. The third-order valence-electron chi connectivity index (χ3n) is 3.84. The minimum absolute atomic E-state index is 0.330. The zero-order valence-corrected chi connectivity index (χ0v) is 9.08. The maximum absolute atomic E-state index is 9.27. The molecule has 0 aromatic heterocycles. The predicted molar refractivity (Wildman–Crippen MR) is 57.3 cm³/mol. The molecule has 2 saturated heterocycles. The van der Waals surface area contributed by atoms with E-state index in [2.05, 4.69) is 17.1 Å². The van der Waals surface area contributed by atoms with Gasteiger partial charge in [-0.05, 0) is 45.7 Å². The van der Waals surface area contributed by atoms with Gasteiger partial charge in [-0.1, -0.05) is 0 Å². The molecule has 82 valence electrons. The lowest BCUT2D eigenvalue weighted by Crippen LogP contribution is -2.48. The molecule has 2 aliphatic rings. The van der Waals surface area contributed by atoms with Crippen LogP contribution >= 0.6 is 0 Å². The van der Waals surface area contributed by atoms with Crippen LogP contribution in [0.4, 0.5) is 0 Å². The number of aliphatic hydroxyl groups excluding tert-OH is 1. The van der Waals surface area contributed by atoms with Crippen LogP contribution in [0.3, 0.4) is 0 Å². The fourth-order valence-electron chi connectivity index (χ4n) is 2.94. The van der Waals surface area contributed by atoms with Crippen molar-refractivity contribution in [2.45, 2.75) is 50.7 Å². The van der Waals surface area contributed by atoms with E-state index in [1.54, 1.807) is 0 Å². The Balaban J connectivity index is 1.92. The molecular formula is C11H22N2O. The molecule has 3 atom stereocenters. The van der Waals surface area contributed by atoms with E-state index >= 15 is 0 Å². The Labute approximate surface area is 86.5 Å². The van der Waals surface area contributed by atoms with Gasteiger partial charge < -0.3 is 10.4 Å². The summed E-state index contributed by atoms with van der Waals surface area (Å²) in [5.41, 5.74) is 0. The third-order valence-corrected chi connectivity index (χ3v) is 3.84. The summed E-state index contributed by atoms with van der Waals surface area (Å²) >= 11 is 0. The number of likely N-dealkylation sites (tertiary alicyclic amines) is 1. The van der Waals surface area contributed by atoms with Crippen molar-refractivity contribution >= 4 is 0 Å². The summed E-state index contributed by atoms with van der Waals surface area (Å²) in [4.78, 5) is 2.49. The van der Waals surface area contributed by atoms with Crippen LogP contribution in [0, 0.1) is 0 Å². The van der Waals surface area contributed by atoms with E-state index in [0.717, 1.165) is 0 Å². The molecule has 3 nitrogen and oxygen atoms in total. The topological polar surface area (TPSA) is 35.5 Å². The standard InChI is InChI=1S/C11H22N2O/c1-9(11-5-2-6-12-11)13-7-3-4-10(13)8-14/h9-12,14H,2-8H2,1H3/t9?,10-,11?/m0/s1. The van der Waals surface area contributed by atoms with Gasteiger partial charge in [-0.15, -0.1) is 0 Å². The molecule has 0 aromatic carbocycles. The molecule has 2 fully saturated rings. The largest absolute Gasteiger partial charge is 0.395 e. The van der Waals surface area contributed by atoms with E-state index in [-0.39, 0.29) is 0 Å². The molecule has 2 unspecified atom stereocenters. The van der Waals surface area contributed by atoms with Crippen LogP contribution in [0.25, 0.3) is 0 Å². The average molecular weight is 198 g/mol. The first-order valence-electron chi connectivity index (χ1n) is 5.93. The summed E-state index contributed by atoms with van der Waals surface area (Å²) in [6.45, 7) is 4.98. The minimum atomic E-state index is 0.330. The second-order valence-corrected chi connectivity index (χ2v) is 4.66. The Bertz CT molecular complexity index is 180. The third kappa shape index (κ3) is 1.95. The summed E-state index contributed by atoms with van der Waals surface area (Å²) in [5, 5.41) is 12.8. The van der Waals surface area contributed by atoms with Crippen LogP contribution in [0.1, 0.15) is 32.6 Å². The van der Waals surface area contributed by atoms with E-state index < -0.39 is 0 Å². The second kappa shape index (κ2) is 4.60. The van der Waals surface area contributed by atoms with Gasteiger partial charge in [-0.2, -0.15) is 0 Å². The molecule has 0 amide bonds. The predicted octanol–water partition coefficient (Wildman–Crippen LogP) is 0.584. The highest BCUT2D eigenvalue weighted by molar-refractivity contribution is 4.90. The lowest BCUT2D eigenvalue weighted by molar-refractivity contribution is 0.110. The molecule has 0 spiro atoms. The molecule has 3 heteroatoms. The van der Waals surface area contributed by atoms with Crippen LogP contribution in [-0.4, -0.2) is 47.8 Å². The Morgan fingerprint density at radius 3 is 2.93 bits per heavy atom. The highest BCUT2D eigenvalue weighted by Gasteiger charge is 2.32. The van der Waals surface area contributed by atoms with Crippen LogP contribution in [0.2, 0.25) is 0 Å². The Kier molecular flexibility index (Phi) is 3.42. The number of nitrogens with zero attached hydrogens (tertiary/aromatic N) is 1. The van der Waals surface area contributed by atoms with Gasteiger partial charge in [0.1, 0.15) is 0 Å². The summed E-state index contributed by atoms with van der Waals surface area (Å²) < 4.78 is 0. The Morgan fingerprint density at radius 2 is 2.29 bits per heavy atom. The Morgan fingerprint density at radius 1 is 1.43 bits per heavy atom. The zero-order chi connectivity index (χ0) is 9.97. The molecule has 2 N–H and O–H groups in total. The van der Waals surface area contributed by atoms with Gasteiger partial charge in [0.2, 0.25) is 0 Å². The summed E-state index contributed by atoms with van der Waals surface area (Å²) in [6.07, 6.45) is 5.04. The molecule has 2 heterocycles. The molecule has 2 aliphatic heterocycles. The van der Waals surface area contributed by atoms with E-state index in [1.807, 2.05) is 0 Å². The van der Waals surface area contributed by atoms with Crippen LogP contribution in [-0.2, 0) is 0 Å². The first kappa shape index (κ1) is 10.4. The summed E-state index contributed by atoms with van der Waals surface area (Å²) in [7, 11) is 0. The smallest absolute Gasteiger partial charge is 0.0587 e. The van der Waals surface area contributed by atoms with Gasteiger partial charge >= 0.3 is 0 Å². The van der Waals surface area contributed by atoms with Gasteiger partial charge in [0.05, 0.1) is 6.61 Å².